The van der Waals surface area contributed by atoms with Crippen molar-refractivity contribution in [1.82, 2.24) is 0 Å². The summed E-state index contributed by atoms with van der Waals surface area (Å²) >= 11 is 0. The molecule has 0 N–H and O–H groups in total. The lowest BCUT2D eigenvalue weighted by Gasteiger charge is -2.28. The fourth-order valence-electron chi connectivity index (χ4n) is 3.58. The van der Waals surface area contributed by atoms with Gasteiger partial charge in [0.1, 0.15) is 23.9 Å². The van der Waals surface area contributed by atoms with Gasteiger partial charge in [0, 0.05) is 24.3 Å². The van der Waals surface area contributed by atoms with Crippen LogP contribution in [-0.2, 0) is 6.61 Å². The minimum atomic E-state index is -0.0584. The first-order chi connectivity index (χ1) is 15.2. The SMILES string of the molecule is N#Cc1ccc(OCc2ccc(/C=C/C(=O)c3ccc(N4CCCCC4)cc3)o2)cc1. The summed E-state index contributed by atoms with van der Waals surface area (Å²) in [6.45, 7) is 2.44. The summed E-state index contributed by atoms with van der Waals surface area (Å²) in [6.07, 6.45) is 6.96. The van der Waals surface area contributed by atoms with Gasteiger partial charge in [0.05, 0.1) is 11.6 Å². The molecule has 0 saturated carbocycles. The van der Waals surface area contributed by atoms with Crippen LogP contribution in [0, 0.1) is 11.3 Å². The van der Waals surface area contributed by atoms with E-state index in [9.17, 15) is 4.79 Å². The molecular formula is C26H24N2O3. The van der Waals surface area contributed by atoms with Gasteiger partial charge in [0.15, 0.2) is 5.78 Å². The monoisotopic (exact) mass is 412 g/mol. The van der Waals surface area contributed by atoms with Crippen LogP contribution in [0.25, 0.3) is 6.08 Å². The fourth-order valence-corrected chi connectivity index (χ4v) is 3.58. The molecule has 1 saturated heterocycles. The molecule has 1 aromatic heterocycles. The van der Waals surface area contributed by atoms with Crippen LogP contribution < -0.4 is 9.64 Å². The molecule has 1 aliphatic rings. The number of ether oxygens (including phenoxy) is 1. The Morgan fingerprint density at radius 3 is 2.45 bits per heavy atom. The van der Waals surface area contributed by atoms with Crippen LogP contribution in [0.15, 0.2) is 71.2 Å². The van der Waals surface area contributed by atoms with Crippen LogP contribution in [0.1, 0.15) is 46.7 Å². The van der Waals surface area contributed by atoms with E-state index in [1.54, 1.807) is 36.4 Å². The summed E-state index contributed by atoms with van der Waals surface area (Å²) in [5, 5.41) is 8.83. The number of hydrogen-bond acceptors (Lipinski definition) is 5. The van der Waals surface area contributed by atoms with E-state index in [-0.39, 0.29) is 12.4 Å². The lowest BCUT2D eigenvalue weighted by molar-refractivity contribution is 0.104. The topological polar surface area (TPSA) is 66.5 Å². The van der Waals surface area contributed by atoms with Crippen LogP contribution in [0.4, 0.5) is 5.69 Å². The van der Waals surface area contributed by atoms with Crippen LogP contribution in [0.3, 0.4) is 0 Å². The number of furan rings is 1. The van der Waals surface area contributed by atoms with E-state index in [2.05, 4.69) is 11.0 Å². The standard InChI is InChI=1S/C26H24N2O3/c27-18-20-4-10-23(11-5-20)30-19-25-13-12-24(31-25)14-15-26(29)21-6-8-22(9-7-21)28-16-2-1-3-17-28/h4-15H,1-3,16-17,19H2/b15-14+. The summed E-state index contributed by atoms with van der Waals surface area (Å²) in [7, 11) is 0. The molecule has 0 amide bonds. The van der Waals surface area contributed by atoms with Crippen molar-refractivity contribution in [3.05, 3.63) is 89.4 Å². The number of nitrogens with zero attached hydrogens (tertiary/aromatic N) is 2. The maximum absolute atomic E-state index is 12.5. The van der Waals surface area contributed by atoms with Crippen molar-refractivity contribution in [3.63, 3.8) is 0 Å². The molecule has 31 heavy (non-hydrogen) atoms. The summed E-state index contributed by atoms with van der Waals surface area (Å²) in [4.78, 5) is 14.9. The van der Waals surface area contributed by atoms with Crippen molar-refractivity contribution in [2.45, 2.75) is 25.9 Å². The fraction of sp³-hybridized carbons (Fsp3) is 0.231. The van der Waals surface area contributed by atoms with Gasteiger partial charge in [0.2, 0.25) is 0 Å². The average molecular weight is 412 g/mol. The highest BCUT2D eigenvalue weighted by Crippen LogP contribution is 2.21. The molecule has 0 unspecified atom stereocenters. The Labute approximate surface area is 182 Å². The third-order valence-corrected chi connectivity index (χ3v) is 5.32. The van der Waals surface area contributed by atoms with Gasteiger partial charge >= 0.3 is 0 Å². The van der Waals surface area contributed by atoms with Crippen molar-refractivity contribution >= 4 is 17.5 Å². The van der Waals surface area contributed by atoms with Crippen molar-refractivity contribution in [3.8, 4) is 11.8 Å². The van der Waals surface area contributed by atoms with E-state index < -0.39 is 0 Å². The molecule has 4 rings (SSSR count). The van der Waals surface area contributed by atoms with E-state index >= 15 is 0 Å². The van der Waals surface area contributed by atoms with Crippen molar-refractivity contribution in [2.24, 2.45) is 0 Å². The van der Waals surface area contributed by atoms with Crippen LogP contribution in [-0.4, -0.2) is 18.9 Å². The number of nitriles is 1. The maximum atomic E-state index is 12.5. The Bertz CT molecular complexity index is 1080. The van der Waals surface area contributed by atoms with Gasteiger partial charge in [-0.15, -0.1) is 0 Å². The number of carbonyl (C=O) groups is 1. The van der Waals surface area contributed by atoms with E-state index in [1.807, 2.05) is 30.3 Å². The number of carbonyl (C=O) groups excluding carboxylic acids is 1. The molecule has 2 aromatic carbocycles. The first kappa shape index (κ1) is 20.5. The molecule has 1 aliphatic heterocycles. The van der Waals surface area contributed by atoms with E-state index in [4.69, 9.17) is 14.4 Å². The van der Waals surface area contributed by atoms with Gasteiger partial charge in [0.25, 0.3) is 0 Å². The molecule has 3 aromatic rings. The van der Waals surface area contributed by atoms with Gasteiger partial charge in [-0.2, -0.15) is 5.26 Å². The zero-order valence-electron chi connectivity index (χ0n) is 17.3. The normalized spacial score (nSPS) is 13.8. The second-order valence-corrected chi connectivity index (χ2v) is 7.52. The van der Waals surface area contributed by atoms with Gasteiger partial charge in [-0.3, -0.25) is 4.79 Å². The third-order valence-electron chi connectivity index (χ3n) is 5.32. The number of benzene rings is 2. The molecule has 0 bridgehead atoms. The van der Waals surface area contributed by atoms with Gasteiger partial charge in [-0.05, 0) is 92.1 Å². The molecular weight excluding hydrogens is 388 g/mol. The second kappa shape index (κ2) is 9.82. The van der Waals surface area contributed by atoms with Crippen LogP contribution in [0.5, 0.6) is 5.75 Å². The molecule has 156 valence electrons. The molecule has 0 radical (unpaired) electrons. The predicted octanol–water partition coefficient (Wildman–Crippen LogP) is 5.62. The number of hydrogen-bond donors (Lipinski definition) is 0. The van der Waals surface area contributed by atoms with Gasteiger partial charge in [-0.25, -0.2) is 0 Å². The second-order valence-electron chi connectivity index (χ2n) is 7.52. The molecule has 0 atom stereocenters. The highest BCUT2D eigenvalue weighted by molar-refractivity contribution is 6.06. The predicted molar refractivity (Wildman–Crippen MR) is 120 cm³/mol. The largest absolute Gasteiger partial charge is 0.486 e. The number of allylic oxidation sites excluding steroid dienone is 1. The lowest BCUT2D eigenvalue weighted by atomic mass is 10.1. The maximum Gasteiger partial charge on any atom is 0.185 e. The van der Waals surface area contributed by atoms with E-state index in [1.165, 1.54) is 31.0 Å². The van der Waals surface area contributed by atoms with Crippen molar-refractivity contribution in [2.75, 3.05) is 18.0 Å². The quantitative estimate of drug-likeness (QED) is 0.372. The zero-order chi connectivity index (χ0) is 21.5. The van der Waals surface area contributed by atoms with Gasteiger partial charge in [-0.1, -0.05) is 0 Å². The number of anilines is 1. The Morgan fingerprint density at radius 2 is 1.74 bits per heavy atom. The highest BCUT2D eigenvalue weighted by Gasteiger charge is 2.11. The molecule has 1 fully saturated rings. The van der Waals surface area contributed by atoms with Gasteiger partial charge < -0.3 is 14.1 Å². The molecule has 5 nitrogen and oxygen atoms in total. The Hall–Kier alpha value is -3.78. The van der Waals surface area contributed by atoms with Crippen LogP contribution in [0.2, 0.25) is 0 Å². The minimum absolute atomic E-state index is 0.0584. The molecule has 0 spiro atoms. The lowest BCUT2D eigenvalue weighted by Crippen LogP contribution is -2.29. The molecule has 5 heteroatoms. The first-order valence-corrected chi connectivity index (χ1v) is 10.5. The zero-order valence-corrected chi connectivity index (χ0v) is 17.3. The first-order valence-electron chi connectivity index (χ1n) is 10.5. The van der Waals surface area contributed by atoms with Crippen molar-refractivity contribution in [1.29, 1.82) is 5.26 Å². The summed E-state index contributed by atoms with van der Waals surface area (Å²) < 4.78 is 11.4. The molecule has 2 heterocycles. The number of rotatable bonds is 7. The average Bonchev–Trinajstić information content (AvgIpc) is 3.30. The number of ketones is 1. The van der Waals surface area contributed by atoms with E-state index in [0.29, 0.717) is 28.4 Å². The number of piperidine rings is 1. The smallest absolute Gasteiger partial charge is 0.185 e. The third kappa shape index (κ3) is 5.43. The Morgan fingerprint density at radius 1 is 1.00 bits per heavy atom. The van der Waals surface area contributed by atoms with Crippen molar-refractivity contribution < 1.29 is 13.9 Å². The minimum Gasteiger partial charge on any atom is -0.486 e. The Kier molecular flexibility index (Phi) is 6.49. The highest BCUT2D eigenvalue weighted by atomic mass is 16.5. The van der Waals surface area contributed by atoms with E-state index in [0.717, 1.165) is 13.1 Å². The summed E-state index contributed by atoms with van der Waals surface area (Å²) in [5.41, 5.74) is 2.43. The summed E-state index contributed by atoms with van der Waals surface area (Å²) in [6, 6.07) is 20.4. The van der Waals surface area contributed by atoms with Crippen LogP contribution >= 0.6 is 0 Å². The Balaban J connectivity index is 1.31. The summed E-state index contributed by atoms with van der Waals surface area (Å²) in [5.74, 6) is 1.85. The molecule has 0 aliphatic carbocycles.